The number of likely N-dealkylation sites (tertiary alicyclic amines) is 1. The van der Waals surface area contributed by atoms with Crippen molar-refractivity contribution in [1.29, 1.82) is 0 Å². The lowest BCUT2D eigenvalue weighted by Gasteiger charge is -2.16. The highest BCUT2D eigenvalue weighted by Gasteiger charge is 2.33. The van der Waals surface area contributed by atoms with Gasteiger partial charge in [0, 0.05) is 18.7 Å². The third-order valence-corrected chi connectivity index (χ3v) is 5.28. The lowest BCUT2D eigenvalue weighted by molar-refractivity contribution is -0.132. The van der Waals surface area contributed by atoms with Crippen molar-refractivity contribution < 1.29 is 18.7 Å². The smallest absolute Gasteiger partial charge is 0.281 e. The number of anilines is 1. The van der Waals surface area contributed by atoms with Crippen molar-refractivity contribution >= 4 is 40.9 Å². The second kappa shape index (κ2) is 8.62. The van der Waals surface area contributed by atoms with Gasteiger partial charge in [-0.15, -0.1) is 0 Å². The maximum absolute atomic E-state index is 14.2. The van der Waals surface area contributed by atoms with E-state index >= 15 is 0 Å². The van der Waals surface area contributed by atoms with E-state index in [9.17, 15) is 14.0 Å². The first kappa shape index (κ1) is 20.0. The molecule has 1 N–H and O–H groups in total. The number of thiocarbonyl (C=S) groups is 1. The van der Waals surface area contributed by atoms with Gasteiger partial charge < -0.3 is 15.0 Å². The zero-order valence-electron chi connectivity index (χ0n) is 16.1. The standard InChI is InChI=1S/C22H20FN3O3S/c23-16-8-2-3-9-18(16)26-21(28)17(24-22(26)30)13-15-7-1-4-10-19(15)29-14-20(27)25-11-5-6-12-25/h1-4,7-10,13H,5-6,11-12,14H2,(H,24,30)/b17-13+. The molecule has 0 saturated carbocycles. The molecule has 0 aromatic heterocycles. The highest BCUT2D eigenvalue weighted by Crippen LogP contribution is 2.27. The minimum atomic E-state index is -0.541. The van der Waals surface area contributed by atoms with Crippen molar-refractivity contribution in [3.8, 4) is 5.75 Å². The Morgan fingerprint density at radius 1 is 1.13 bits per heavy atom. The van der Waals surface area contributed by atoms with E-state index in [2.05, 4.69) is 5.32 Å². The summed E-state index contributed by atoms with van der Waals surface area (Å²) in [6.07, 6.45) is 3.62. The fourth-order valence-electron chi connectivity index (χ4n) is 3.47. The second-order valence-corrected chi connectivity index (χ2v) is 7.38. The number of hydrogen-bond acceptors (Lipinski definition) is 4. The van der Waals surface area contributed by atoms with Crippen LogP contribution in [0, 0.1) is 5.82 Å². The summed E-state index contributed by atoms with van der Waals surface area (Å²) >= 11 is 5.24. The molecule has 154 valence electrons. The Kier molecular flexibility index (Phi) is 5.76. The molecule has 30 heavy (non-hydrogen) atoms. The van der Waals surface area contributed by atoms with Crippen molar-refractivity contribution in [1.82, 2.24) is 10.2 Å². The summed E-state index contributed by atoms with van der Waals surface area (Å²) in [6, 6.07) is 13.0. The second-order valence-electron chi connectivity index (χ2n) is 6.99. The summed E-state index contributed by atoms with van der Waals surface area (Å²) in [5, 5.41) is 2.93. The molecule has 0 spiro atoms. The van der Waals surface area contributed by atoms with Crippen LogP contribution in [0.2, 0.25) is 0 Å². The van der Waals surface area contributed by atoms with Crippen LogP contribution >= 0.6 is 12.2 Å². The fraction of sp³-hybridized carbons (Fsp3) is 0.227. The van der Waals surface area contributed by atoms with Crippen molar-refractivity contribution in [2.45, 2.75) is 12.8 Å². The first-order valence-corrected chi connectivity index (χ1v) is 10.1. The Bertz CT molecular complexity index is 1030. The molecule has 0 bridgehead atoms. The highest BCUT2D eigenvalue weighted by atomic mass is 32.1. The number of rotatable bonds is 5. The van der Waals surface area contributed by atoms with Gasteiger partial charge in [0.05, 0.1) is 5.69 Å². The predicted octanol–water partition coefficient (Wildman–Crippen LogP) is 3.09. The minimum absolute atomic E-state index is 0.0584. The van der Waals surface area contributed by atoms with Crippen LogP contribution in [0.4, 0.5) is 10.1 Å². The number of halogens is 1. The molecule has 2 saturated heterocycles. The fourth-order valence-corrected chi connectivity index (χ4v) is 3.76. The number of nitrogens with one attached hydrogen (secondary N) is 1. The van der Waals surface area contributed by atoms with Gasteiger partial charge in [-0.05, 0) is 49.3 Å². The van der Waals surface area contributed by atoms with Gasteiger partial charge in [0.15, 0.2) is 11.7 Å². The van der Waals surface area contributed by atoms with Crippen LogP contribution < -0.4 is 15.0 Å². The van der Waals surface area contributed by atoms with Crippen molar-refractivity contribution in [3.63, 3.8) is 0 Å². The number of carbonyl (C=O) groups excluding carboxylic acids is 2. The zero-order chi connectivity index (χ0) is 21.1. The summed E-state index contributed by atoms with van der Waals surface area (Å²) in [7, 11) is 0. The molecular formula is C22H20FN3O3S. The molecule has 6 nitrogen and oxygen atoms in total. The average molecular weight is 425 g/mol. The molecule has 2 amide bonds. The number of hydrogen-bond donors (Lipinski definition) is 1. The quantitative estimate of drug-likeness (QED) is 0.589. The zero-order valence-corrected chi connectivity index (χ0v) is 17.0. The maximum Gasteiger partial charge on any atom is 0.281 e. The third-order valence-electron chi connectivity index (χ3n) is 5.00. The summed E-state index contributed by atoms with van der Waals surface area (Å²) < 4.78 is 19.9. The number of amides is 2. The number of carbonyl (C=O) groups is 2. The van der Waals surface area contributed by atoms with E-state index in [4.69, 9.17) is 17.0 Å². The van der Waals surface area contributed by atoms with Gasteiger partial charge in [0.2, 0.25) is 0 Å². The SMILES string of the molecule is O=C(COc1ccccc1/C=C1/NC(=S)N(c2ccccc2F)C1=O)N1CCCC1. The molecule has 2 heterocycles. The van der Waals surface area contributed by atoms with Gasteiger partial charge >= 0.3 is 0 Å². The van der Waals surface area contributed by atoms with E-state index < -0.39 is 11.7 Å². The van der Waals surface area contributed by atoms with E-state index in [1.807, 2.05) is 0 Å². The first-order chi connectivity index (χ1) is 14.5. The van der Waals surface area contributed by atoms with Crippen LogP contribution in [0.3, 0.4) is 0 Å². The molecule has 2 aliphatic heterocycles. The molecule has 2 aliphatic rings. The van der Waals surface area contributed by atoms with Crippen molar-refractivity contribution in [3.05, 3.63) is 65.6 Å². The van der Waals surface area contributed by atoms with Gasteiger partial charge in [0.1, 0.15) is 17.3 Å². The normalized spacial score (nSPS) is 17.6. The Morgan fingerprint density at radius 2 is 1.83 bits per heavy atom. The van der Waals surface area contributed by atoms with Crippen LogP contribution in [-0.4, -0.2) is 41.5 Å². The molecule has 2 aromatic rings. The number of nitrogens with zero attached hydrogens (tertiary/aromatic N) is 2. The largest absolute Gasteiger partial charge is 0.483 e. The maximum atomic E-state index is 14.2. The lowest BCUT2D eigenvalue weighted by Crippen LogP contribution is -2.32. The lowest BCUT2D eigenvalue weighted by atomic mass is 10.1. The van der Waals surface area contributed by atoms with Gasteiger partial charge in [-0.3, -0.25) is 9.59 Å². The van der Waals surface area contributed by atoms with Crippen LogP contribution in [0.1, 0.15) is 18.4 Å². The van der Waals surface area contributed by atoms with E-state index in [-0.39, 0.29) is 29.0 Å². The van der Waals surface area contributed by atoms with E-state index in [1.54, 1.807) is 47.4 Å². The van der Waals surface area contributed by atoms with Crippen molar-refractivity contribution in [2.24, 2.45) is 0 Å². The molecule has 4 rings (SSSR count). The number of para-hydroxylation sites is 2. The van der Waals surface area contributed by atoms with Crippen LogP contribution in [0.25, 0.3) is 6.08 Å². The summed E-state index contributed by atoms with van der Waals surface area (Å²) in [4.78, 5) is 28.0. The Hall–Kier alpha value is -3.26. The molecule has 0 aliphatic carbocycles. The van der Waals surface area contributed by atoms with Gasteiger partial charge in [0.25, 0.3) is 11.8 Å². The topological polar surface area (TPSA) is 61.9 Å². The Balaban J connectivity index is 1.53. The monoisotopic (exact) mass is 425 g/mol. The Morgan fingerprint density at radius 3 is 2.60 bits per heavy atom. The van der Waals surface area contributed by atoms with Gasteiger partial charge in [-0.2, -0.15) is 0 Å². The Labute approximate surface area is 178 Å². The number of ether oxygens (including phenoxy) is 1. The minimum Gasteiger partial charge on any atom is -0.483 e. The van der Waals surface area contributed by atoms with Crippen LogP contribution in [0.15, 0.2) is 54.2 Å². The molecule has 2 aromatic carbocycles. The molecule has 8 heteroatoms. The van der Waals surface area contributed by atoms with E-state index in [0.29, 0.717) is 11.3 Å². The van der Waals surface area contributed by atoms with E-state index in [1.165, 1.54) is 12.1 Å². The van der Waals surface area contributed by atoms with Gasteiger partial charge in [-0.1, -0.05) is 30.3 Å². The van der Waals surface area contributed by atoms with Gasteiger partial charge in [-0.25, -0.2) is 9.29 Å². The first-order valence-electron chi connectivity index (χ1n) is 9.66. The predicted molar refractivity (Wildman–Crippen MR) is 115 cm³/mol. The molecule has 0 unspecified atom stereocenters. The van der Waals surface area contributed by atoms with E-state index in [0.717, 1.165) is 30.8 Å². The molecular weight excluding hydrogens is 405 g/mol. The van der Waals surface area contributed by atoms with Crippen molar-refractivity contribution in [2.75, 3.05) is 24.6 Å². The highest BCUT2D eigenvalue weighted by molar-refractivity contribution is 7.80. The number of benzene rings is 2. The van der Waals surface area contributed by atoms with Crippen LogP contribution in [0.5, 0.6) is 5.75 Å². The molecule has 0 atom stereocenters. The third kappa shape index (κ3) is 4.04. The van der Waals surface area contributed by atoms with Crippen LogP contribution in [-0.2, 0) is 9.59 Å². The summed E-state index contributed by atoms with van der Waals surface area (Å²) in [5.74, 6) is -0.590. The molecule has 0 radical (unpaired) electrons. The summed E-state index contributed by atoms with van der Waals surface area (Å²) in [6.45, 7) is 1.45. The average Bonchev–Trinajstić information content (AvgIpc) is 3.37. The molecule has 2 fully saturated rings. The summed E-state index contributed by atoms with van der Waals surface area (Å²) in [5.41, 5.74) is 0.898.